The minimum absolute atomic E-state index is 0.101. The lowest BCUT2D eigenvalue weighted by atomic mass is 10.2. The Balaban J connectivity index is 2.20. The van der Waals surface area contributed by atoms with Gasteiger partial charge in [0, 0.05) is 11.6 Å². The normalized spacial score (nSPS) is 11.5. The number of nitrogens with zero attached hydrogens (tertiary/aromatic N) is 1. The molecule has 0 heterocycles. The highest BCUT2D eigenvalue weighted by atomic mass is 35.5. The summed E-state index contributed by atoms with van der Waals surface area (Å²) < 4.78 is 32.4. The minimum Gasteiger partial charge on any atom is -0.494 e. The van der Waals surface area contributed by atoms with Crippen molar-refractivity contribution in [3.05, 3.63) is 52.0 Å². The van der Waals surface area contributed by atoms with E-state index in [1.807, 2.05) is 6.92 Å². The van der Waals surface area contributed by atoms with Crippen molar-refractivity contribution < 1.29 is 17.9 Å². The Morgan fingerprint density at radius 2 is 1.86 bits per heavy atom. The summed E-state index contributed by atoms with van der Waals surface area (Å²) in [5.74, 6) is 0.107. The summed E-state index contributed by atoms with van der Waals surface area (Å²) in [5, 5.41) is 3.31. The van der Waals surface area contributed by atoms with Gasteiger partial charge in [0.2, 0.25) is 15.9 Å². The van der Waals surface area contributed by atoms with Crippen molar-refractivity contribution in [3.63, 3.8) is 0 Å². The van der Waals surface area contributed by atoms with Crippen LogP contribution in [0.15, 0.2) is 41.3 Å². The van der Waals surface area contributed by atoms with Gasteiger partial charge in [-0.2, -0.15) is 4.31 Å². The van der Waals surface area contributed by atoms with Crippen LogP contribution in [0.2, 0.25) is 10.0 Å². The lowest BCUT2D eigenvalue weighted by Gasteiger charge is -2.21. The van der Waals surface area contributed by atoms with Gasteiger partial charge in [0.15, 0.2) is 0 Å². The molecule has 6 nitrogen and oxygen atoms in total. The number of hydrogen-bond donors (Lipinski definition) is 1. The number of likely N-dealkylation sites (N-methyl/N-ethyl adjacent to an activating group) is 1. The maximum absolute atomic E-state index is 13.0. The molecular weight excluding hydrogens is 423 g/mol. The first-order valence-corrected chi connectivity index (χ1v) is 10.9. The number of benzene rings is 2. The van der Waals surface area contributed by atoms with E-state index in [0.717, 1.165) is 4.31 Å². The molecule has 0 saturated carbocycles. The number of ether oxygens (including phenoxy) is 1. The Morgan fingerprint density at radius 3 is 2.46 bits per heavy atom. The minimum atomic E-state index is -3.85. The van der Waals surface area contributed by atoms with Crippen molar-refractivity contribution in [2.24, 2.45) is 0 Å². The zero-order valence-electron chi connectivity index (χ0n) is 15.8. The first-order chi connectivity index (χ1) is 13.2. The lowest BCUT2D eigenvalue weighted by molar-refractivity contribution is -0.116. The molecule has 28 heavy (non-hydrogen) atoms. The fraction of sp³-hybridized carbons (Fsp3) is 0.316. The number of rotatable bonds is 8. The molecule has 0 aliphatic carbocycles. The molecule has 0 aliphatic heterocycles. The van der Waals surface area contributed by atoms with Crippen molar-refractivity contribution >= 4 is 44.8 Å². The van der Waals surface area contributed by atoms with Crippen LogP contribution in [-0.2, 0) is 14.8 Å². The molecule has 2 aromatic rings. The average molecular weight is 445 g/mol. The summed E-state index contributed by atoms with van der Waals surface area (Å²) in [5.41, 5.74) is 1.03. The molecule has 1 amide bonds. The molecule has 0 aromatic heterocycles. The van der Waals surface area contributed by atoms with E-state index in [1.54, 1.807) is 32.0 Å². The Morgan fingerprint density at radius 1 is 1.14 bits per heavy atom. The highest BCUT2D eigenvalue weighted by molar-refractivity contribution is 7.89. The number of amides is 1. The highest BCUT2D eigenvalue weighted by Crippen LogP contribution is 2.26. The third-order valence-corrected chi connectivity index (χ3v) is 6.44. The molecule has 0 spiro atoms. The predicted octanol–water partition coefficient (Wildman–Crippen LogP) is 4.35. The fourth-order valence-corrected chi connectivity index (χ4v) is 4.39. The molecule has 0 saturated heterocycles. The van der Waals surface area contributed by atoms with Crippen LogP contribution in [0.1, 0.15) is 19.4 Å². The lowest BCUT2D eigenvalue weighted by Crippen LogP contribution is -2.37. The summed E-state index contributed by atoms with van der Waals surface area (Å²) in [4.78, 5) is 12.5. The number of aryl methyl sites for hydroxylation is 1. The molecule has 0 fully saturated rings. The zero-order valence-corrected chi connectivity index (χ0v) is 18.2. The van der Waals surface area contributed by atoms with E-state index in [9.17, 15) is 13.2 Å². The third kappa shape index (κ3) is 5.38. The van der Waals surface area contributed by atoms with Gasteiger partial charge in [0.05, 0.1) is 28.8 Å². The maximum atomic E-state index is 13.0. The molecule has 0 atom stereocenters. The fourth-order valence-electron chi connectivity index (χ4n) is 2.56. The summed E-state index contributed by atoms with van der Waals surface area (Å²) in [7, 11) is -3.85. The largest absolute Gasteiger partial charge is 0.494 e. The number of anilines is 1. The zero-order chi connectivity index (χ0) is 20.9. The summed E-state index contributed by atoms with van der Waals surface area (Å²) >= 11 is 11.9. The van der Waals surface area contributed by atoms with Gasteiger partial charge in [0.25, 0.3) is 0 Å². The van der Waals surface area contributed by atoms with Crippen LogP contribution in [0.5, 0.6) is 5.75 Å². The number of carbonyl (C=O) groups is 1. The molecule has 0 aliphatic rings. The molecule has 0 radical (unpaired) electrons. The van der Waals surface area contributed by atoms with E-state index in [0.29, 0.717) is 33.7 Å². The van der Waals surface area contributed by atoms with Crippen LogP contribution in [0.3, 0.4) is 0 Å². The average Bonchev–Trinajstić information content (AvgIpc) is 2.64. The molecule has 0 unspecified atom stereocenters. The van der Waals surface area contributed by atoms with E-state index in [1.165, 1.54) is 18.2 Å². The second-order valence-corrected chi connectivity index (χ2v) is 8.75. The van der Waals surface area contributed by atoms with Crippen LogP contribution in [0, 0.1) is 6.92 Å². The third-order valence-electron chi connectivity index (χ3n) is 3.96. The summed E-state index contributed by atoms with van der Waals surface area (Å²) in [6.07, 6.45) is 0. The van der Waals surface area contributed by atoms with E-state index >= 15 is 0 Å². The van der Waals surface area contributed by atoms with Crippen LogP contribution in [0.4, 0.5) is 5.69 Å². The molecule has 9 heteroatoms. The topological polar surface area (TPSA) is 75.7 Å². The SMILES string of the molecule is CCOc1ccc(S(=O)(=O)N(CC)CC(=O)Nc2cc(Cl)ccc2Cl)cc1C. The van der Waals surface area contributed by atoms with E-state index in [4.69, 9.17) is 27.9 Å². The Hall–Kier alpha value is -1.80. The Kier molecular flexibility index (Phi) is 7.71. The molecule has 0 bridgehead atoms. The van der Waals surface area contributed by atoms with Crippen molar-refractivity contribution in [1.82, 2.24) is 4.31 Å². The number of sulfonamides is 1. The molecular formula is C19H22Cl2N2O4S. The van der Waals surface area contributed by atoms with Crippen LogP contribution in [-0.4, -0.2) is 38.3 Å². The summed E-state index contributed by atoms with van der Waals surface area (Å²) in [6.45, 7) is 5.56. The molecule has 2 aromatic carbocycles. The van der Waals surface area contributed by atoms with Gasteiger partial charge in [-0.3, -0.25) is 4.79 Å². The van der Waals surface area contributed by atoms with Crippen molar-refractivity contribution in [3.8, 4) is 5.75 Å². The smallest absolute Gasteiger partial charge is 0.243 e. The monoisotopic (exact) mass is 444 g/mol. The highest BCUT2D eigenvalue weighted by Gasteiger charge is 2.26. The van der Waals surface area contributed by atoms with Gasteiger partial charge < -0.3 is 10.1 Å². The number of hydrogen-bond acceptors (Lipinski definition) is 4. The Labute approximate surface area is 175 Å². The Bertz CT molecular complexity index is 964. The van der Waals surface area contributed by atoms with Crippen LogP contribution >= 0.6 is 23.2 Å². The maximum Gasteiger partial charge on any atom is 0.243 e. The second kappa shape index (κ2) is 9.60. The van der Waals surface area contributed by atoms with Gasteiger partial charge in [0.1, 0.15) is 5.75 Å². The number of halogens is 2. The van der Waals surface area contributed by atoms with E-state index in [-0.39, 0.29) is 18.0 Å². The number of nitrogens with one attached hydrogen (secondary N) is 1. The van der Waals surface area contributed by atoms with E-state index in [2.05, 4.69) is 5.32 Å². The number of carbonyl (C=O) groups excluding carboxylic acids is 1. The standard InChI is InChI=1S/C19H22Cl2N2O4S/c1-4-23(12-19(24)22-17-11-14(20)6-8-16(17)21)28(25,26)15-7-9-18(27-5-2)13(3)10-15/h6-11H,4-5,12H2,1-3H3,(H,22,24). The predicted molar refractivity (Wildman–Crippen MR) is 112 cm³/mol. The van der Waals surface area contributed by atoms with Crippen LogP contribution in [0.25, 0.3) is 0 Å². The van der Waals surface area contributed by atoms with Gasteiger partial charge in [-0.15, -0.1) is 0 Å². The molecule has 1 N–H and O–H groups in total. The van der Waals surface area contributed by atoms with Crippen molar-refractivity contribution in [2.45, 2.75) is 25.7 Å². The first kappa shape index (κ1) is 22.5. The van der Waals surface area contributed by atoms with Crippen molar-refractivity contribution in [2.75, 3.05) is 25.0 Å². The van der Waals surface area contributed by atoms with Crippen LogP contribution < -0.4 is 10.1 Å². The van der Waals surface area contributed by atoms with Gasteiger partial charge in [-0.05, 0) is 55.8 Å². The van der Waals surface area contributed by atoms with Gasteiger partial charge in [-0.25, -0.2) is 8.42 Å². The van der Waals surface area contributed by atoms with E-state index < -0.39 is 15.9 Å². The van der Waals surface area contributed by atoms with Crippen molar-refractivity contribution in [1.29, 1.82) is 0 Å². The molecule has 2 rings (SSSR count). The quantitative estimate of drug-likeness (QED) is 0.656. The summed E-state index contributed by atoms with van der Waals surface area (Å²) in [6, 6.07) is 9.28. The second-order valence-electron chi connectivity index (χ2n) is 5.96. The van der Waals surface area contributed by atoms with Gasteiger partial charge in [-0.1, -0.05) is 30.1 Å². The molecule has 152 valence electrons. The first-order valence-electron chi connectivity index (χ1n) is 8.67. The van der Waals surface area contributed by atoms with Gasteiger partial charge >= 0.3 is 0 Å².